The number of aryl methyl sites for hydroxylation is 1. The van der Waals surface area contributed by atoms with Crippen LogP contribution < -0.4 is 0 Å². The first-order valence-electron chi connectivity index (χ1n) is 11.2. The van der Waals surface area contributed by atoms with E-state index in [2.05, 4.69) is 15.3 Å². The van der Waals surface area contributed by atoms with E-state index >= 15 is 0 Å². The zero-order valence-electron chi connectivity index (χ0n) is 18.3. The summed E-state index contributed by atoms with van der Waals surface area (Å²) in [4.78, 5) is 15.6. The Hall–Kier alpha value is -3.75. The molecule has 0 unspecified atom stereocenters. The molecule has 1 saturated heterocycles. The van der Waals surface area contributed by atoms with E-state index in [0.29, 0.717) is 23.2 Å². The van der Waals surface area contributed by atoms with Gasteiger partial charge in [0.1, 0.15) is 0 Å². The minimum absolute atomic E-state index is 0.0666. The normalized spacial score (nSPS) is 19.4. The number of rotatable bonds is 2. The molecule has 4 aromatic rings. The molecule has 0 spiro atoms. The van der Waals surface area contributed by atoms with Gasteiger partial charge in [0, 0.05) is 35.2 Å². The van der Waals surface area contributed by atoms with E-state index in [4.69, 9.17) is 0 Å². The minimum Gasteiger partial charge on any atom is -0.327 e. The van der Waals surface area contributed by atoms with E-state index in [1.165, 1.54) is 0 Å². The zero-order valence-corrected chi connectivity index (χ0v) is 18.3. The van der Waals surface area contributed by atoms with Gasteiger partial charge in [-0.3, -0.25) is 9.48 Å². The molecule has 4 heterocycles. The summed E-state index contributed by atoms with van der Waals surface area (Å²) in [7, 11) is 1.70. The van der Waals surface area contributed by atoms with Gasteiger partial charge in [-0.1, -0.05) is 0 Å². The molecule has 0 aliphatic carbocycles. The highest BCUT2D eigenvalue weighted by Gasteiger charge is 2.43. The van der Waals surface area contributed by atoms with Gasteiger partial charge in [0.05, 0.1) is 29.1 Å². The number of hydrogen-bond acceptors (Lipinski definition) is 4. The molecule has 172 valence electrons. The molecule has 2 atom stereocenters. The van der Waals surface area contributed by atoms with Gasteiger partial charge in [-0.05, 0) is 62.1 Å². The average Bonchev–Trinajstić information content (AvgIpc) is 3.16. The first-order valence-corrected chi connectivity index (χ1v) is 11.2. The maximum atomic E-state index is 14.0. The molecule has 0 N–H and O–H groups in total. The quantitative estimate of drug-likeness (QED) is 0.403. The maximum absolute atomic E-state index is 14.0. The molecule has 2 aliphatic rings. The Morgan fingerprint density at radius 1 is 1.06 bits per heavy atom. The number of carbonyl (C=O) groups is 1. The fraction of sp³-hybridized carbons (Fsp3) is 0.280. The van der Waals surface area contributed by atoms with Crippen molar-refractivity contribution in [1.29, 1.82) is 0 Å². The molecule has 0 saturated carbocycles. The van der Waals surface area contributed by atoms with Crippen molar-refractivity contribution in [3.8, 4) is 11.3 Å². The molecule has 2 aromatic carbocycles. The van der Waals surface area contributed by atoms with Crippen LogP contribution in [0.5, 0.6) is 0 Å². The van der Waals surface area contributed by atoms with Gasteiger partial charge in [0.2, 0.25) is 0 Å². The molecule has 1 fully saturated rings. The Balaban J connectivity index is 1.42. The van der Waals surface area contributed by atoms with Gasteiger partial charge in [-0.2, -0.15) is 15.3 Å². The first kappa shape index (κ1) is 20.8. The largest absolute Gasteiger partial charge is 0.327 e. The summed E-state index contributed by atoms with van der Waals surface area (Å²) in [6.07, 6.45) is 4.63. The second-order valence-electron chi connectivity index (χ2n) is 8.91. The van der Waals surface area contributed by atoms with E-state index in [9.17, 15) is 18.0 Å². The number of fused-ring (bicyclic) bond motifs is 5. The fourth-order valence-electron chi connectivity index (χ4n) is 5.47. The van der Waals surface area contributed by atoms with Crippen molar-refractivity contribution in [2.45, 2.75) is 37.8 Å². The Bertz CT molecular complexity index is 1440. The number of nitrogens with zero attached hydrogens (tertiary/aromatic N) is 5. The predicted molar refractivity (Wildman–Crippen MR) is 118 cm³/mol. The third-order valence-electron chi connectivity index (χ3n) is 6.93. The average molecular weight is 463 g/mol. The zero-order chi connectivity index (χ0) is 23.6. The van der Waals surface area contributed by atoms with E-state index in [0.717, 1.165) is 48.0 Å². The van der Waals surface area contributed by atoms with Crippen LogP contribution in [0.1, 0.15) is 46.9 Å². The van der Waals surface area contributed by atoms with E-state index in [-0.39, 0.29) is 23.6 Å². The van der Waals surface area contributed by atoms with E-state index in [1.54, 1.807) is 30.1 Å². The summed E-state index contributed by atoms with van der Waals surface area (Å²) in [6, 6.07) is 8.89. The SMILES string of the molecule is Cn1nc2c(c1-c1cc(F)c(F)c(F)c1)C[C@@H]1CCC[C@H]2N1C(=O)c1ccc2nnccc2c1. The third kappa shape index (κ3) is 3.10. The van der Waals surface area contributed by atoms with Crippen LogP contribution in [0.3, 0.4) is 0 Å². The summed E-state index contributed by atoms with van der Waals surface area (Å²) >= 11 is 0. The lowest BCUT2D eigenvalue weighted by atomic mass is 9.81. The van der Waals surface area contributed by atoms with Gasteiger partial charge in [-0.25, -0.2) is 13.2 Å². The summed E-state index contributed by atoms with van der Waals surface area (Å²) in [5.74, 6) is -4.04. The highest BCUT2D eigenvalue weighted by atomic mass is 19.2. The highest BCUT2D eigenvalue weighted by Crippen LogP contribution is 2.45. The molecule has 6 rings (SSSR count). The lowest BCUT2D eigenvalue weighted by molar-refractivity contribution is 0.0392. The molecule has 9 heteroatoms. The smallest absolute Gasteiger partial charge is 0.254 e. The van der Waals surface area contributed by atoms with Crippen LogP contribution in [0.15, 0.2) is 42.6 Å². The Morgan fingerprint density at radius 3 is 2.65 bits per heavy atom. The van der Waals surface area contributed by atoms with Crippen molar-refractivity contribution >= 4 is 16.8 Å². The van der Waals surface area contributed by atoms with Crippen LogP contribution in [0.4, 0.5) is 13.2 Å². The fourth-order valence-corrected chi connectivity index (χ4v) is 5.47. The lowest BCUT2D eigenvalue weighted by Gasteiger charge is -2.45. The van der Waals surface area contributed by atoms with E-state index < -0.39 is 17.5 Å². The van der Waals surface area contributed by atoms with Crippen LogP contribution in [0.2, 0.25) is 0 Å². The maximum Gasteiger partial charge on any atom is 0.254 e. The van der Waals surface area contributed by atoms with Crippen molar-refractivity contribution in [2.24, 2.45) is 7.05 Å². The van der Waals surface area contributed by atoms with Crippen LogP contribution in [-0.4, -0.2) is 36.8 Å². The predicted octanol–water partition coefficient (Wildman–Crippen LogP) is 4.74. The van der Waals surface area contributed by atoms with Gasteiger partial charge in [0.15, 0.2) is 17.5 Å². The first-order chi connectivity index (χ1) is 16.4. The Kier molecular flexibility index (Phi) is 4.68. The number of carbonyl (C=O) groups excluding carboxylic acids is 1. The third-order valence-corrected chi connectivity index (χ3v) is 6.93. The Labute approximate surface area is 193 Å². The van der Waals surface area contributed by atoms with Crippen molar-refractivity contribution in [1.82, 2.24) is 24.9 Å². The molecular formula is C25H20F3N5O. The molecule has 2 aromatic heterocycles. The number of amides is 1. The minimum atomic E-state index is -1.49. The summed E-state index contributed by atoms with van der Waals surface area (Å²) < 4.78 is 43.1. The molecular weight excluding hydrogens is 443 g/mol. The highest BCUT2D eigenvalue weighted by molar-refractivity contribution is 5.98. The van der Waals surface area contributed by atoms with Crippen LogP contribution in [0.25, 0.3) is 22.2 Å². The molecule has 2 aliphatic heterocycles. The summed E-state index contributed by atoms with van der Waals surface area (Å²) in [6.45, 7) is 0. The number of aromatic nitrogens is 4. The van der Waals surface area contributed by atoms with Crippen LogP contribution in [0, 0.1) is 17.5 Å². The number of hydrogen-bond donors (Lipinski definition) is 0. The topological polar surface area (TPSA) is 63.9 Å². The molecule has 1 amide bonds. The van der Waals surface area contributed by atoms with Crippen molar-refractivity contribution < 1.29 is 18.0 Å². The second-order valence-corrected chi connectivity index (χ2v) is 8.91. The standard InChI is InChI=1S/C25H20F3N5O/c1-32-24(15-10-18(26)22(28)19(27)11-15)17-12-16-3-2-4-21(23(17)31-32)33(16)25(34)14-5-6-20-13(9-14)7-8-29-30-20/h5-11,16,21H,2-4,12H2,1H3/t16-,21+/m0/s1. The monoisotopic (exact) mass is 463 g/mol. The second kappa shape index (κ2) is 7.65. The number of piperidine rings is 1. The van der Waals surface area contributed by atoms with Crippen molar-refractivity contribution in [3.05, 3.63) is 76.9 Å². The van der Waals surface area contributed by atoms with Gasteiger partial charge in [-0.15, -0.1) is 0 Å². The van der Waals surface area contributed by atoms with Gasteiger partial charge >= 0.3 is 0 Å². The molecule has 2 bridgehead atoms. The van der Waals surface area contributed by atoms with Crippen LogP contribution in [-0.2, 0) is 13.5 Å². The van der Waals surface area contributed by atoms with Gasteiger partial charge < -0.3 is 4.90 Å². The molecule has 6 nitrogen and oxygen atoms in total. The molecule has 34 heavy (non-hydrogen) atoms. The van der Waals surface area contributed by atoms with Crippen LogP contribution >= 0.6 is 0 Å². The van der Waals surface area contributed by atoms with Crippen molar-refractivity contribution in [2.75, 3.05) is 0 Å². The number of benzene rings is 2. The Morgan fingerprint density at radius 2 is 1.85 bits per heavy atom. The lowest BCUT2D eigenvalue weighted by Crippen LogP contribution is -2.49. The summed E-state index contributed by atoms with van der Waals surface area (Å²) in [5, 5.41) is 13.5. The number of halogens is 3. The molecule has 0 radical (unpaired) electrons. The van der Waals surface area contributed by atoms with Crippen molar-refractivity contribution in [3.63, 3.8) is 0 Å². The van der Waals surface area contributed by atoms with E-state index in [1.807, 2.05) is 17.0 Å². The summed E-state index contributed by atoms with van der Waals surface area (Å²) in [5.41, 5.74) is 3.68. The van der Waals surface area contributed by atoms with Gasteiger partial charge in [0.25, 0.3) is 5.91 Å².